The van der Waals surface area contributed by atoms with Gasteiger partial charge in [0.05, 0.1) is 11.6 Å². The predicted molar refractivity (Wildman–Crippen MR) is 69.6 cm³/mol. The summed E-state index contributed by atoms with van der Waals surface area (Å²) in [7, 11) is 0. The molecule has 2 nitrogen and oxygen atoms in total. The van der Waals surface area contributed by atoms with Crippen LogP contribution >= 0.6 is 15.9 Å². The highest BCUT2D eigenvalue weighted by Gasteiger charge is 2.04. The van der Waals surface area contributed by atoms with E-state index in [1.165, 1.54) is 12.1 Å². The van der Waals surface area contributed by atoms with Gasteiger partial charge >= 0.3 is 0 Å². The third-order valence-electron chi connectivity index (χ3n) is 2.37. The molecule has 0 saturated heterocycles. The Labute approximate surface area is 113 Å². The van der Waals surface area contributed by atoms with Crippen molar-refractivity contribution in [3.8, 4) is 11.8 Å². The van der Waals surface area contributed by atoms with E-state index in [0.717, 1.165) is 16.1 Å². The molecule has 0 unspecified atom stereocenters. The zero-order valence-electron chi connectivity index (χ0n) is 9.36. The van der Waals surface area contributed by atoms with Gasteiger partial charge in [-0.15, -0.1) is 0 Å². The lowest BCUT2D eigenvalue weighted by Crippen LogP contribution is -1.97. The number of nitriles is 1. The molecule has 0 radical (unpaired) electrons. The molecular weight excluding hydrogens is 297 g/mol. The Bertz CT molecular complexity index is 590. The predicted octanol–water partition coefficient (Wildman–Crippen LogP) is 4.04. The average molecular weight is 306 g/mol. The fourth-order valence-corrected chi connectivity index (χ4v) is 1.69. The van der Waals surface area contributed by atoms with E-state index < -0.39 is 5.82 Å². The summed E-state index contributed by atoms with van der Waals surface area (Å²) in [6.45, 7) is 0.288. The summed E-state index contributed by atoms with van der Waals surface area (Å²) in [5.41, 5.74) is 1.23. The fourth-order valence-electron chi connectivity index (χ4n) is 1.43. The highest BCUT2D eigenvalue weighted by Crippen LogP contribution is 2.19. The molecule has 2 aromatic carbocycles. The zero-order valence-corrected chi connectivity index (χ0v) is 10.9. The molecule has 4 heteroatoms. The quantitative estimate of drug-likeness (QED) is 0.857. The second kappa shape index (κ2) is 5.65. The molecule has 0 heterocycles. The zero-order chi connectivity index (χ0) is 13.0. The summed E-state index contributed by atoms with van der Waals surface area (Å²) in [6.07, 6.45) is 0. The molecule has 0 aliphatic rings. The second-order valence-electron chi connectivity index (χ2n) is 3.67. The minimum absolute atomic E-state index is 0.150. The van der Waals surface area contributed by atoms with Crippen LogP contribution in [0.4, 0.5) is 4.39 Å². The Kier molecular flexibility index (Phi) is 3.96. The number of benzene rings is 2. The van der Waals surface area contributed by atoms with Gasteiger partial charge in [-0.3, -0.25) is 0 Å². The Morgan fingerprint density at radius 1 is 1.17 bits per heavy atom. The van der Waals surface area contributed by atoms with E-state index >= 15 is 0 Å². The molecule has 0 spiro atoms. The molecule has 0 saturated carbocycles. The first-order chi connectivity index (χ1) is 8.69. The van der Waals surface area contributed by atoms with Crippen molar-refractivity contribution >= 4 is 15.9 Å². The monoisotopic (exact) mass is 305 g/mol. The van der Waals surface area contributed by atoms with Crippen LogP contribution in [-0.4, -0.2) is 0 Å². The molecule has 0 aliphatic heterocycles. The topological polar surface area (TPSA) is 33.0 Å². The van der Waals surface area contributed by atoms with Crippen LogP contribution in [0.3, 0.4) is 0 Å². The number of ether oxygens (including phenoxy) is 1. The lowest BCUT2D eigenvalue weighted by atomic mass is 10.2. The second-order valence-corrected chi connectivity index (χ2v) is 4.59. The molecular formula is C14H9BrFNO. The van der Waals surface area contributed by atoms with E-state index in [0.29, 0.717) is 0 Å². The largest absolute Gasteiger partial charge is 0.486 e. The molecule has 0 N–H and O–H groups in total. The molecule has 2 rings (SSSR count). The summed E-state index contributed by atoms with van der Waals surface area (Å²) in [4.78, 5) is 0. The maximum absolute atomic E-state index is 13.5. The smallest absolute Gasteiger partial charge is 0.166 e. The maximum Gasteiger partial charge on any atom is 0.166 e. The Morgan fingerprint density at radius 2 is 1.89 bits per heavy atom. The fraction of sp³-hybridized carbons (Fsp3) is 0.0714. The van der Waals surface area contributed by atoms with Crippen molar-refractivity contribution in [2.45, 2.75) is 6.61 Å². The first kappa shape index (κ1) is 12.6. The Morgan fingerprint density at radius 3 is 2.50 bits per heavy atom. The van der Waals surface area contributed by atoms with Gasteiger partial charge < -0.3 is 4.74 Å². The summed E-state index contributed by atoms with van der Waals surface area (Å²) in [5, 5.41) is 8.62. The van der Waals surface area contributed by atoms with Gasteiger partial charge in [-0.2, -0.15) is 5.26 Å². The maximum atomic E-state index is 13.5. The summed E-state index contributed by atoms with van der Waals surface area (Å²) in [6, 6.07) is 13.6. The van der Waals surface area contributed by atoms with Gasteiger partial charge in [0.15, 0.2) is 11.6 Å². The molecule has 18 heavy (non-hydrogen) atoms. The van der Waals surface area contributed by atoms with E-state index in [1.54, 1.807) is 0 Å². The first-order valence-corrected chi connectivity index (χ1v) is 6.05. The third kappa shape index (κ3) is 3.08. The lowest BCUT2D eigenvalue weighted by molar-refractivity contribution is 0.290. The Hall–Kier alpha value is -1.86. The van der Waals surface area contributed by atoms with Crippen LogP contribution < -0.4 is 4.74 Å². The van der Waals surface area contributed by atoms with Crippen molar-refractivity contribution < 1.29 is 9.13 Å². The summed E-state index contributed by atoms with van der Waals surface area (Å²) in [5.74, 6) is -0.372. The summed E-state index contributed by atoms with van der Waals surface area (Å²) < 4.78 is 19.9. The minimum Gasteiger partial charge on any atom is -0.486 e. The summed E-state index contributed by atoms with van der Waals surface area (Å²) >= 11 is 3.34. The van der Waals surface area contributed by atoms with Crippen LogP contribution in [0.25, 0.3) is 0 Å². The third-order valence-corrected chi connectivity index (χ3v) is 2.90. The lowest BCUT2D eigenvalue weighted by Gasteiger charge is -2.07. The van der Waals surface area contributed by atoms with E-state index in [4.69, 9.17) is 10.00 Å². The van der Waals surface area contributed by atoms with Crippen molar-refractivity contribution in [1.29, 1.82) is 5.26 Å². The van der Waals surface area contributed by atoms with Crippen LogP contribution in [0.5, 0.6) is 5.75 Å². The SMILES string of the molecule is N#Cc1ccc(OCc2ccc(Br)cc2)c(F)c1. The van der Waals surface area contributed by atoms with Crippen molar-refractivity contribution in [1.82, 2.24) is 0 Å². The normalized spacial score (nSPS) is 9.83. The number of hydrogen-bond donors (Lipinski definition) is 0. The van der Waals surface area contributed by atoms with Crippen LogP contribution in [0.2, 0.25) is 0 Å². The molecule has 2 aromatic rings. The highest BCUT2D eigenvalue weighted by atomic mass is 79.9. The van der Waals surface area contributed by atoms with Gasteiger partial charge in [-0.05, 0) is 35.9 Å². The first-order valence-electron chi connectivity index (χ1n) is 5.26. The van der Waals surface area contributed by atoms with Gasteiger partial charge in [-0.1, -0.05) is 28.1 Å². The molecule has 0 bridgehead atoms. The molecule has 0 aromatic heterocycles. The van der Waals surface area contributed by atoms with Crippen molar-refractivity contribution in [3.63, 3.8) is 0 Å². The minimum atomic E-state index is -0.522. The molecule has 90 valence electrons. The molecule has 0 fully saturated rings. The number of hydrogen-bond acceptors (Lipinski definition) is 2. The molecule has 0 amide bonds. The standard InChI is InChI=1S/C14H9BrFNO/c15-12-4-1-10(2-5-12)9-18-14-6-3-11(8-17)7-13(14)16/h1-7H,9H2. The van der Waals surface area contributed by atoms with E-state index in [-0.39, 0.29) is 17.9 Å². The van der Waals surface area contributed by atoms with Gasteiger partial charge in [-0.25, -0.2) is 4.39 Å². The van der Waals surface area contributed by atoms with Crippen molar-refractivity contribution in [2.24, 2.45) is 0 Å². The molecule has 0 aliphatic carbocycles. The van der Waals surface area contributed by atoms with E-state index in [1.807, 2.05) is 30.3 Å². The number of halogens is 2. The van der Waals surface area contributed by atoms with Gasteiger partial charge in [0.2, 0.25) is 0 Å². The van der Waals surface area contributed by atoms with E-state index in [9.17, 15) is 4.39 Å². The van der Waals surface area contributed by atoms with Crippen LogP contribution in [0.1, 0.15) is 11.1 Å². The van der Waals surface area contributed by atoms with E-state index in [2.05, 4.69) is 15.9 Å². The molecule has 0 atom stereocenters. The van der Waals surface area contributed by atoms with Gasteiger partial charge in [0.25, 0.3) is 0 Å². The van der Waals surface area contributed by atoms with Crippen LogP contribution in [0, 0.1) is 17.1 Å². The van der Waals surface area contributed by atoms with Gasteiger partial charge in [0, 0.05) is 4.47 Å². The number of rotatable bonds is 3. The highest BCUT2D eigenvalue weighted by molar-refractivity contribution is 9.10. The van der Waals surface area contributed by atoms with Crippen LogP contribution in [0.15, 0.2) is 46.9 Å². The van der Waals surface area contributed by atoms with Gasteiger partial charge in [0.1, 0.15) is 6.61 Å². The van der Waals surface area contributed by atoms with Crippen molar-refractivity contribution in [3.05, 3.63) is 63.9 Å². The number of nitrogens with zero attached hydrogens (tertiary/aromatic N) is 1. The Balaban J connectivity index is 2.06. The van der Waals surface area contributed by atoms with Crippen molar-refractivity contribution in [2.75, 3.05) is 0 Å². The average Bonchev–Trinajstić information content (AvgIpc) is 2.39. The van der Waals surface area contributed by atoms with Crippen LogP contribution in [-0.2, 0) is 6.61 Å².